The van der Waals surface area contributed by atoms with Crippen molar-refractivity contribution in [2.45, 2.75) is 19.8 Å². The molecule has 0 fully saturated rings. The molecule has 3 aromatic rings. The standard InChI is InChI=1S/C26H30BrN7O2S.CH2O/c1-6-7-17(15-29-2)22-18-9-10-20-24(37-26(30-20)36-28)23(18)34(31-22)21-11-8-16(14-19(21)27)25(35)33(5)13-12-32(3)4;1-2/h6-8,11,14-15H,2,9-10,12-13,28H2,1,3-5H3;1H2/b7-6-,17-15+;. The first-order valence-corrected chi connectivity index (χ1v) is 13.7. The Morgan fingerprint density at radius 1 is 1.28 bits per heavy atom. The molecule has 39 heavy (non-hydrogen) atoms. The van der Waals surface area contributed by atoms with Crippen molar-refractivity contribution in [2.75, 3.05) is 34.2 Å². The largest absolute Gasteiger partial charge is 0.380 e. The lowest BCUT2D eigenvalue weighted by Gasteiger charge is -2.20. The molecule has 10 nitrogen and oxygen atoms in total. The molecule has 2 N–H and O–H groups in total. The highest BCUT2D eigenvalue weighted by Gasteiger charge is 2.31. The first kappa shape index (κ1) is 30.1. The summed E-state index contributed by atoms with van der Waals surface area (Å²) in [4.78, 5) is 39.3. The highest BCUT2D eigenvalue weighted by atomic mass is 79.9. The summed E-state index contributed by atoms with van der Waals surface area (Å²) in [6, 6.07) is 5.59. The van der Waals surface area contributed by atoms with Crippen LogP contribution >= 0.6 is 27.3 Å². The van der Waals surface area contributed by atoms with Crippen LogP contribution in [0.5, 0.6) is 5.19 Å². The number of thiazole rings is 1. The number of hydrogen-bond donors (Lipinski definition) is 1. The molecular weight excluding hydrogens is 582 g/mol. The van der Waals surface area contributed by atoms with Gasteiger partial charge in [-0.1, -0.05) is 23.5 Å². The molecule has 1 amide bonds. The van der Waals surface area contributed by atoms with Crippen LogP contribution in [-0.4, -0.2) is 78.2 Å². The smallest absolute Gasteiger partial charge is 0.294 e. The molecule has 0 bridgehead atoms. The zero-order valence-corrected chi connectivity index (χ0v) is 24.9. The SMILES string of the molecule is C=N/C=C(\C=C/C)c1nn(-c2ccc(C(=O)N(C)CCN(C)C)cc2Br)c2c1CCc1nc(ON)sc1-2.C=O. The molecule has 0 saturated heterocycles. The Morgan fingerprint density at radius 3 is 2.64 bits per heavy atom. The van der Waals surface area contributed by atoms with Gasteiger partial charge >= 0.3 is 0 Å². The van der Waals surface area contributed by atoms with Gasteiger partial charge in [0.05, 0.1) is 27.6 Å². The molecule has 1 aliphatic rings. The lowest BCUT2D eigenvalue weighted by atomic mass is 9.95. The topological polar surface area (TPSA) is 119 Å². The predicted molar refractivity (Wildman–Crippen MR) is 160 cm³/mol. The van der Waals surface area contributed by atoms with Crippen LogP contribution in [0.25, 0.3) is 21.8 Å². The first-order chi connectivity index (χ1) is 18.8. The zero-order chi connectivity index (χ0) is 28.7. The lowest BCUT2D eigenvalue weighted by Crippen LogP contribution is -2.33. The first-order valence-electron chi connectivity index (χ1n) is 12.1. The van der Waals surface area contributed by atoms with Gasteiger partial charge in [-0.2, -0.15) is 11.0 Å². The van der Waals surface area contributed by atoms with E-state index < -0.39 is 0 Å². The summed E-state index contributed by atoms with van der Waals surface area (Å²) in [5, 5.41) is 5.45. The highest BCUT2D eigenvalue weighted by molar-refractivity contribution is 9.10. The molecule has 12 heteroatoms. The third-order valence-electron chi connectivity index (χ3n) is 6.09. The molecule has 0 unspecified atom stereocenters. The molecule has 1 aliphatic carbocycles. The van der Waals surface area contributed by atoms with Crippen LogP contribution in [0, 0.1) is 0 Å². The fourth-order valence-corrected chi connectivity index (χ4v) is 5.75. The minimum Gasteiger partial charge on any atom is -0.380 e. The van der Waals surface area contributed by atoms with Crippen LogP contribution in [0.2, 0.25) is 0 Å². The van der Waals surface area contributed by atoms with E-state index in [4.69, 9.17) is 20.6 Å². The Kier molecular flexibility index (Phi) is 10.5. The third kappa shape index (κ3) is 6.41. The summed E-state index contributed by atoms with van der Waals surface area (Å²) in [5.74, 6) is 5.40. The summed E-state index contributed by atoms with van der Waals surface area (Å²) < 4.78 is 2.65. The number of nitrogens with two attached hydrogens (primary N) is 1. The molecule has 0 saturated carbocycles. The minimum atomic E-state index is -0.0397. The molecular formula is C27H32BrN7O3S. The number of likely N-dealkylation sites (N-methyl/N-ethyl adjacent to an activating group) is 2. The number of aryl methyl sites for hydroxylation is 1. The van der Waals surface area contributed by atoms with Crippen molar-refractivity contribution in [1.29, 1.82) is 0 Å². The Balaban J connectivity index is 0.00000205. The summed E-state index contributed by atoms with van der Waals surface area (Å²) >= 11 is 5.10. The highest BCUT2D eigenvalue weighted by Crippen LogP contribution is 2.44. The Morgan fingerprint density at radius 2 is 2.03 bits per heavy atom. The maximum absolute atomic E-state index is 13.0. The van der Waals surface area contributed by atoms with E-state index in [1.807, 2.05) is 74.8 Å². The molecule has 0 atom stereocenters. The van der Waals surface area contributed by atoms with Gasteiger partial charge in [-0.15, -0.1) is 0 Å². The van der Waals surface area contributed by atoms with Crippen molar-refractivity contribution in [3.05, 3.63) is 63.5 Å². The van der Waals surface area contributed by atoms with Gasteiger partial charge in [-0.25, -0.2) is 9.67 Å². The van der Waals surface area contributed by atoms with E-state index in [2.05, 4.69) is 32.6 Å². The molecule has 2 aromatic heterocycles. The van der Waals surface area contributed by atoms with Crippen molar-refractivity contribution in [3.8, 4) is 21.5 Å². The van der Waals surface area contributed by atoms with E-state index in [9.17, 15) is 4.79 Å². The second-order valence-electron chi connectivity index (χ2n) is 8.92. The zero-order valence-electron chi connectivity index (χ0n) is 22.5. The third-order valence-corrected chi connectivity index (χ3v) is 7.72. The predicted octanol–water partition coefficient (Wildman–Crippen LogP) is 4.18. The van der Waals surface area contributed by atoms with Gasteiger partial charge in [0.25, 0.3) is 11.1 Å². The van der Waals surface area contributed by atoms with Crippen LogP contribution in [0.1, 0.15) is 34.2 Å². The summed E-state index contributed by atoms with van der Waals surface area (Å²) in [5.41, 5.74) is 6.03. The average molecular weight is 615 g/mol. The number of nitrogens with zero attached hydrogens (tertiary/aromatic N) is 6. The fourth-order valence-electron chi connectivity index (χ4n) is 4.25. The van der Waals surface area contributed by atoms with Crippen LogP contribution in [-0.2, 0) is 17.6 Å². The van der Waals surface area contributed by atoms with E-state index in [-0.39, 0.29) is 5.91 Å². The van der Waals surface area contributed by atoms with E-state index in [1.165, 1.54) is 11.3 Å². The van der Waals surface area contributed by atoms with Gasteiger partial charge in [0.2, 0.25) is 0 Å². The van der Waals surface area contributed by atoms with Crippen molar-refractivity contribution in [3.63, 3.8) is 0 Å². The minimum absolute atomic E-state index is 0.0397. The van der Waals surface area contributed by atoms with Crippen LogP contribution in [0.3, 0.4) is 0 Å². The molecule has 1 aromatic carbocycles. The maximum atomic E-state index is 13.0. The van der Waals surface area contributed by atoms with Gasteiger partial charge < -0.3 is 19.4 Å². The molecule has 0 aliphatic heterocycles. The molecule has 0 spiro atoms. The van der Waals surface area contributed by atoms with E-state index in [0.29, 0.717) is 17.3 Å². The van der Waals surface area contributed by atoms with E-state index in [0.717, 1.165) is 62.6 Å². The van der Waals surface area contributed by atoms with Crippen molar-refractivity contribution in [2.24, 2.45) is 10.9 Å². The monoisotopic (exact) mass is 613 g/mol. The van der Waals surface area contributed by atoms with Gasteiger partial charge in [-0.3, -0.25) is 9.79 Å². The number of fused-ring (bicyclic) bond motifs is 3. The molecule has 0 radical (unpaired) electrons. The van der Waals surface area contributed by atoms with E-state index in [1.54, 1.807) is 11.1 Å². The summed E-state index contributed by atoms with van der Waals surface area (Å²) in [6.45, 7) is 9.01. The average Bonchev–Trinajstić information content (AvgIpc) is 3.53. The Labute approximate surface area is 240 Å². The van der Waals surface area contributed by atoms with Crippen LogP contribution < -0.4 is 10.7 Å². The second kappa shape index (κ2) is 13.6. The fraction of sp³-hybridized carbons (Fsp3) is 0.296. The van der Waals surface area contributed by atoms with Crippen molar-refractivity contribution in [1.82, 2.24) is 24.6 Å². The molecule has 4 rings (SSSR count). The van der Waals surface area contributed by atoms with Crippen LogP contribution in [0.4, 0.5) is 0 Å². The normalized spacial score (nSPS) is 12.5. The summed E-state index contributed by atoms with van der Waals surface area (Å²) in [7, 11) is 5.79. The number of aromatic nitrogens is 3. The number of aliphatic imine (C=N–C) groups is 1. The number of carbonyl (C=O) groups is 2. The summed E-state index contributed by atoms with van der Waals surface area (Å²) in [6.07, 6.45) is 7.14. The van der Waals surface area contributed by atoms with Crippen molar-refractivity contribution >= 4 is 52.3 Å². The van der Waals surface area contributed by atoms with Gasteiger partial charge in [0.15, 0.2) is 0 Å². The lowest BCUT2D eigenvalue weighted by molar-refractivity contribution is -0.0980. The van der Waals surface area contributed by atoms with Gasteiger partial charge in [-0.05, 0) is 74.7 Å². The molecule has 2 heterocycles. The number of carbonyl (C=O) groups excluding carboxylic acids is 2. The van der Waals surface area contributed by atoms with Crippen LogP contribution in [0.15, 0.2) is 46.0 Å². The van der Waals surface area contributed by atoms with Gasteiger partial charge in [0, 0.05) is 47.5 Å². The van der Waals surface area contributed by atoms with Crippen molar-refractivity contribution < 1.29 is 14.4 Å². The Bertz CT molecular complexity index is 1410. The number of rotatable bonds is 9. The number of hydrogen-bond acceptors (Lipinski definition) is 9. The second-order valence-corrected chi connectivity index (χ2v) is 10.7. The van der Waals surface area contributed by atoms with E-state index >= 15 is 0 Å². The number of benzene rings is 1. The number of allylic oxidation sites excluding steroid dienone is 3. The molecule has 206 valence electrons. The van der Waals surface area contributed by atoms with Gasteiger partial charge in [0.1, 0.15) is 6.79 Å². The Hall–Kier alpha value is -3.45. The quantitative estimate of drug-likeness (QED) is 0.218. The number of halogens is 1. The maximum Gasteiger partial charge on any atom is 0.294 e. The number of amides is 1.